The molecule has 1 saturated heterocycles. The predicted octanol–water partition coefficient (Wildman–Crippen LogP) is 3.12. The summed E-state index contributed by atoms with van der Waals surface area (Å²) in [4.78, 5) is 28.8. The molecule has 0 saturated carbocycles. The molecule has 2 aliphatic heterocycles. The zero-order valence-electron chi connectivity index (χ0n) is 15.9. The van der Waals surface area contributed by atoms with Crippen molar-refractivity contribution in [2.45, 2.75) is 19.4 Å². The van der Waals surface area contributed by atoms with Crippen LogP contribution >= 0.6 is 0 Å². The molecule has 0 radical (unpaired) electrons. The third-order valence-corrected chi connectivity index (χ3v) is 5.46. The first-order valence-electron chi connectivity index (χ1n) is 9.24. The van der Waals surface area contributed by atoms with Gasteiger partial charge in [-0.2, -0.15) is 0 Å². The Morgan fingerprint density at radius 3 is 2.82 bits per heavy atom. The van der Waals surface area contributed by atoms with Crippen molar-refractivity contribution in [2.75, 3.05) is 32.1 Å². The monoisotopic (exact) mass is 383 g/mol. The Hall–Kier alpha value is -3.09. The summed E-state index contributed by atoms with van der Waals surface area (Å²) in [5, 5.41) is 2.88. The van der Waals surface area contributed by atoms with E-state index >= 15 is 0 Å². The van der Waals surface area contributed by atoms with Gasteiger partial charge in [0.25, 0.3) is 0 Å². The molecule has 146 valence electrons. The van der Waals surface area contributed by atoms with Crippen molar-refractivity contribution in [3.8, 4) is 5.75 Å². The summed E-state index contributed by atoms with van der Waals surface area (Å²) < 4.78 is 18.8. The van der Waals surface area contributed by atoms with E-state index in [1.165, 1.54) is 17.0 Å². The molecule has 3 amide bonds. The smallest absolute Gasteiger partial charge is 0.322 e. The number of ether oxygens (including phenoxy) is 1. The zero-order valence-corrected chi connectivity index (χ0v) is 15.9. The summed E-state index contributed by atoms with van der Waals surface area (Å²) in [5.74, 6) is 0.345. The summed E-state index contributed by atoms with van der Waals surface area (Å²) >= 11 is 0. The van der Waals surface area contributed by atoms with Gasteiger partial charge in [-0.15, -0.1) is 0 Å². The average Bonchev–Trinajstić information content (AvgIpc) is 2.68. The lowest BCUT2D eigenvalue weighted by Gasteiger charge is -2.44. The number of piperazine rings is 1. The first-order valence-corrected chi connectivity index (χ1v) is 9.24. The van der Waals surface area contributed by atoms with Gasteiger partial charge in [0.2, 0.25) is 5.91 Å². The minimum absolute atomic E-state index is 0.0358. The van der Waals surface area contributed by atoms with E-state index in [9.17, 15) is 14.0 Å². The molecule has 28 heavy (non-hydrogen) atoms. The second-order valence-electron chi connectivity index (χ2n) is 7.19. The Kier molecular flexibility index (Phi) is 4.66. The summed E-state index contributed by atoms with van der Waals surface area (Å²) in [6, 6.07) is 9.49. The third-order valence-electron chi connectivity index (χ3n) is 5.46. The van der Waals surface area contributed by atoms with Crippen LogP contribution in [0.5, 0.6) is 5.75 Å². The Morgan fingerprint density at radius 1 is 1.25 bits per heavy atom. The number of amides is 3. The fraction of sp³-hybridized carbons (Fsp3) is 0.333. The largest absolute Gasteiger partial charge is 0.497 e. The number of benzene rings is 2. The van der Waals surface area contributed by atoms with Gasteiger partial charge in [0.05, 0.1) is 13.2 Å². The Bertz CT molecular complexity index is 946. The van der Waals surface area contributed by atoms with Crippen molar-refractivity contribution in [3.63, 3.8) is 0 Å². The van der Waals surface area contributed by atoms with Gasteiger partial charge in [0.15, 0.2) is 0 Å². The number of carbonyl (C=O) groups is 2. The van der Waals surface area contributed by atoms with Crippen molar-refractivity contribution < 1.29 is 18.7 Å². The molecule has 2 heterocycles. The molecule has 0 spiro atoms. The van der Waals surface area contributed by atoms with Crippen molar-refractivity contribution in [1.29, 1.82) is 0 Å². The molecular weight excluding hydrogens is 361 g/mol. The molecular formula is C21H22FN3O3. The van der Waals surface area contributed by atoms with Crippen molar-refractivity contribution in [2.24, 2.45) is 0 Å². The van der Waals surface area contributed by atoms with Crippen LogP contribution in [0.15, 0.2) is 36.4 Å². The molecule has 4 rings (SSSR count). The maximum Gasteiger partial charge on any atom is 0.322 e. The van der Waals surface area contributed by atoms with Gasteiger partial charge < -0.3 is 19.9 Å². The van der Waals surface area contributed by atoms with Crippen molar-refractivity contribution >= 4 is 17.6 Å². The fourth-order valence-corrected chi connectivity index (χ4v) is 3.96. The first-order chi connectivity index (χ1) is 13.5. The number of anilines is 1. The number of fused-ring (bicyclic) bond motifs is 3. The van der Waals surface area contributed by atoms with Gasteiger partial charge in [-0.05, 0) is 60.4 Å². The highest BCUT2D eigenvalue weighted by atomic mass is 19.1. The molecule has 1 fully saturated rings. The number of aryl methyl sites for hydroxylation is 1. The maximum atomic E-state index is 13.6. The number of methoxy groups -OCH3 is 1. The molecule has 2 aromatic rings. The van der Waals surface area contributed by atoms with Gasteiger partial charge in [-0.3, -0.25) is 4.79 Å². The van der Waals surface area contributed by atoms with E-state index in [0.29, 0.717) is 30.9 Å². The number of hydrogen-bond acceptors (Lipinski definition) is 3. The molecule has 1 unspecified atom stereocenters. The normalized spacial score (nSPS) is 18.4. The van der Waals surface area contributed by atoms with Crippen LogP contribution in [0, 0.1) is 12.7 Å². The number of rotatable bonds is 2. The fourth-order valence-electron chi connectivity index (χ4n) is 3.96. The SMILES string of the molecule is COc1ccc(NC(=O)N2CC(=O)N3CCc4cc(F)ccc4C3C2)c(C)c1. The van der Waals surface area contributed by atoms with Crippen LogP contribution in [-0.4, -0.2) is 48.5 Å². The third kappa shape index (κ3) is 3.28. The van der Waals surface area contributed by atoms with E-state index in [-0.39, 0.29) is 30.3 Å². The Balaban J connectivity index is 1.54. The molecule has 0 aliphatic carbocycles. The van der Waals surface area contributed by atoms with Crippen LogP contribution in [0.1, 0.15) is 22.7 Å². The van der Waals surface area contributed by atoms with Crippen LogP contribution in [0.25, 0.3) is 0 Å². The summed E-state index contributed by atoms with van der Waals surface area (Å²) in [7, 11) is 1.59. The van der Waals surface area contributed by atoms with Gasteiger partial charge in [0.1, 0.15) is 18.1 Å². The maximum absolute atomic E-state index is 13.6. The standard InChI is InChI=1S/C21H22FN3O3/c1-13-9-16(28-2)4-6-18(13)23-21(27)24-11-19-17-5-3-15(22)10-14(17)7-8-25(19)20(26)12-24/h3-6,9-10,19H,7-8,11-12H2,1-2H3,(H,23,27). The summed E-state index contributed by atoms with van der Waals surface area (Å²) in [6.07, 6.45) is 0.632. The van der Waals surface area contributed by atoms with E-state index in [2.05, 4.69) is 5.32 Å². The van der Waals surface area contributed by atoms with E-state index < -0.39 is 0 Å². The van der Waals surface area contributed by atoms with Crippen LogP contribution in [-0.2, 0) is 11.2 Å². The van der Waals surface area contributed by atoms with Gasteiger partial charge in [0, 0.05) is 18.8 Å². The summed E-state index contributed by atoms with van der Waals surface area (Å²) in [5.41, 5.74) is 3.37. The zero-order chi connectivity index (χ0) is 19.8. The van der Waals surface area contributed by atoms with Crippen LogP contribution in [0.4, 0.5) is 14.9 Å². The lowest BCUT2D eigenvalue weighted by Crippen LogP contribution is -2.56. The number of urea groups is 1. The number of nitrogens with one attached hydrogen (secondary N) is 1. The lowest BCUT2D eigenvalue weighted by molar-refractivity contribution is -0.139. The van der Waals surface area contributed by atoms with Gasteiger partial charge in [-0.1, -0.05) is 6.07 Å². The quantitative estimate of drug-likeness (QED) is 0.867. The van der Waals surface area contributed by atoms with Crippen LogP contribution < -0.4 is 10.1 Å². The molecule has 6 nitrogen and oxygen atoms in total. The first kappa shape index (κ1) is 18.3. The molecule has 2 aromatic carbocycles. The minimum atomic E-state index is -0.324. The highest BCUT2D eigenvalue weighted by Gasteiger charge is 2.38. The molecule has 1 N–H and O–H groups in total. The van der Waals surface area contributed by atoms with Crippen LogP contribution in [0.3, 0.4) is 0 Å². The second kappa shape index (κ2) is 7.14. The number of hydrogen-bond donors (Lipinski definition) is 1. The predicted molar refractivity (Wildman–Crippen MR) is 103 cm³/mol. The second-order valence-corrected chi connectivity index (χ2v) is 7.19. The van der Waals surface area contributed by atoms with E-state index in [0.717, 1.165) is 16.7 Å². The average molecular weight is 383 g/mol. The minimum Gasteiger partial charge on any atom is -0.497 e. The lowest BCUT2D eigenvalue weighted by atomic mass is 9.90. The highest BCUT2D eigenvalue weighted by Crippen LogP contribution is 2.33. The molecule has 1 atom stereocenters. The van der Waals surface area contributed by atoms with Gasteiger partial charge in [-0.25, -0.2) is 9.18 Å². The van der Waals surface area contributed by atoms with Crippen LogP contribution in [0.2, 0.25) is 0 Å². The summed E-state index contributed by atoms with van der Waals surface area (Å²) in [6.45, 7) is 2.85. The van der Waals surface area contributed by atoms with Gasteiger partial charge >= 0.3 is 6.03 Å². The van der Waals surface area contributed by atoms with E-state index in [1.54, 1.807) is 30.2 Å². The molecule has 0 bridgehead atoms. The van der Waals surface area contributed by atoms with Crippen molar-refractivity contribution in [1.82, 2.24) is 9.80 Å². The molecule has 0 aromatic heterocycles. The van der Waals surface area contributed by atoms with Crippen molar-refractivity contribution in [3.05, 3.63) is 58.9 Å². The topological polar surface area (TPSA) is 61.9 Å². The van der Waals surface area contributed by atoms with E-state index in [4.69, 9.17) is 4.74 Å². The molecule has 2 aliphatic rings. The number of carbonyl (C=O) groups excluding carboxylic acids is 2. The van der Waals surface area contributed by atoms with E-state index in [1.807, 2.05) is 13.0 Å². The highest BCUT2D eigenvalue weighted by molar-refractivity contribution is 5.94. The Labute approximate surface area is 162 Å². The Morgan fingerprint density at radius 2 is 2.07 bits per heavy atom. The molecule has 7 heteroatoms. The number of halogens is 1. The number of nitrogens with zero attached hydrogens (tertiary/aromatic N) is 2.